The lowest BCUT2D eigenvalue weighted by molar-refractivity contribution is -0.137. The normalized spacial score (nSPS) is 26.6. The molecule has 0 aromatic heterocycles. The molecule has 2 saturated carbocycles. The molecule has 0 saturated heterocycles. The van der Waals surface area contributed by atoms with Gasteiger partial charge in [-0.2, -0.15) is 13.2 Å². The van der Waals surface area contributed by atoms with Gasteiger partial charge >= 0.3 is 6.18 Å². The molecule has 2 aliphatic carbocycles. The van der Waals surface area contributed by atoms with E-state index in [-0.39, 0.29) is 16.8 Å². The number of amides is 1. The Morgan fingerprint density at radius 2 is 1.74 bits per heavy atom. The van der Waals surface area contributed by atoms with Crippen LogP contribution in [-0.2, 0) is 6.18 Å². The second-order valence-electron chi connectivity index (χ2n) is 9.92. The second kappa shape index (κ2) is 8.30. The maximum atomic E-state index is 13.1. The fourth-order valence-electron chi connectivity index (χ4n) is 6.61. The summed E-state index contributed by atoms with van der Waals surface area (Å²) in [5, 5.41) is 6.38. The summed E-state index contributed by atoms with van der Waals surface area (Å²) >= 11 is 6.09. The molecule has 3 aromatic carbocycles. The molecule has 0 unspecified atom stereocenters. The Bertz CT molecular complexity index is 1290. The quantitative estimate of drug-likeness (QED) is 0.387. The van der Waals surface area contributed by atoms with Crippen LogP contribution in [0.5, 0.6) is 0 Å². The van der Waals surface area contributed by atoms with Gasteiger partial charge in [-0.1, -0.05) is 41.9 Å². The van der Waals surface area contributed by atoms with Crippen molar-refractivity contribution in [3.63, 3.8) is 0 Å². The highest BCUT2D eigenvalue weighted by Crippen LogP contribution is 2.63. The van der Waals surface area contributed by atoms with Gasteiger partial charge in [-0.05, 0) is 90.5 Å². The molecule has 3 nitrogen and oxygen atoms in total. The number of alkyl halides is 3. The van der Waals surface area contributed by atoms with E-state index in [2.05, 4.69) is 34.9 Å². The van der Waals surface area contributed by atoms with E-state index in [1.807, 2.05) is 18.2 Å². The Morgan fingerprint density at radius 3 is 2.51 bits per heavy atom. The first-order chi connectivity index (χ1) is 16.8. The topological polar surface area (TPSA) is 41.1 Å². The van der Waals surface area contributed by atoms with Crippen molar-refractivity contribution in [2.45, 2.75) is 37.4 Å². The van der Waals surface area contributed by atoms with Gasteiger partial charge in [0, 0.05) is 11.3 Å². The molecule has 3 aliphatic rings. The van der Waals surface area contributed by atoms with E-state index in [1.165, 1.54) is 24.8 Å². The van der Waals surface area contributed by atoms with Gasteiger partial charge in [-0.15, -0.1) is 0 Å². The van der Waals surface area contributed by atoms with E-state index in [1.54, 1.807) is 6.07 Å². The van der Waals surface area contributed by atoms with Crippen LogP contribution < -0.4 is 10.6 Å². The van der Waals surface area contributed by atoms with Crippen LogP contribution in [0, 0.1) is 17.8 Å². The number of rotatable bonds is 3. The molecular formula is C28H24ClF3N2O. The molecule has 6 rings (SSSR count). The van der Waals surface area contributed by atoms with Crippen molar-refractivity contribution in [3.8, 4) is 0 Å². The number of benzene rings is 3. The third-order valence-corrected chi connectivity index (χ3v) is 8.38. The summed E-state index contributed by atoms with van der Waals surface area (Å²) in [5.41, 5.74) is 2.95. The molecule has 7 heteroatoms. The van der Waals surface area contributed by atoms with Gasteiger partial charge in [-0.25, -0.2) is 0 Å². The van der Waals surface area contributed by atoms with E-state index < -0.39 is 17.6 Å². The molecule has 3 aromatic rings. The zero-order valence-electron chi connectivity index (χ0n) is 18.8. The first-order valence-corrected chi connectivity index (χ1v) is 12.3. The molecule has 1 amide bonds. The average Bonchev–Trinajstić information content (AvgIpc) is 3.47. The molecule has 2 bridgehead atoms. The fraction of sp³-hybridized carbons (Fsp3) is 0.321. The highest BCUT2D eigenvalue weighted by atomic mass is 35.5. The summed E-state index contributed by atoms with van der Waals surface area (Å²) in [7, 11) is 0. The van der Waals surface area contributed by atoms with Crippen molar-refractivity contribution >= 4 is 28.9 Å². The summed E-state index contributed by atoms with van der Waals surface area (Å²) in [6, 6.07) is 19.2. The lowest BCUT2D eigenvalue weighted by atomic mass is 9.68. The first-order valence-electron chi connectivity index (χ1n) is 11.9. The van der Waals surface area contributed by atoms with Crippen molar-refractivity contribution in [3.05, 3.63) is 94.0 Å². The Hall–Kier alpha value is -2.99. The van der Waals surface area contributed by atoms with E-state index in [0.717, 1.165) is 29.4 Å². The molecule has 1 heterocycles. The number of hydrogen-bond donors (Lipinski definition) is 2. The van der Waals surface area contributed by atoms with Crippen LogP contribution >= 0.6 is 11.6 Å². The SMILES string of the molecule is O=C(Nc1cc(C(F)(F)F)ccc1Cl)c1ccc2c(c1)[C@@H]1[C@H]3CC[C@@H](C3)[C@@H]1[C@@H](c1ccccc1)N2. The number of hydrogen-bond acceptors (Lipinski definition) is 2. The lowest BCUT2D eigenvalue weighted by Gasteiger charge is -2.43. The fourth-order valence-corrected chi connectivity index (χ4v) is 6.77. The maximum absolute atomic E-state index is 13.1. The zero-order chi connectivity index (χ0) is 24.3. The number of carbonyl (C=O) groups excluding carboxylic acids is 1. The van der Waals surface area contributed by atoms with Crippen LogP contribution in [0.25, 0.3) is 0 Å². The largest absolute Gasteiger partial charge is 0.416 e. The van der Waals surface area contributed by atoms with E-state index in [0.29, 0.717) is 29.2 Å². The predicted octanol–water partition coefficient (Wildman–Crippen LogP) is 7.91. The molecule has 180 valence electrons. The van der Waals surface area contributed by atoms with Gasteiger partial charge in [0.2, 0.25) is 0 Å². The van der Waals surface area contributed by atoms with Crippen molar-refractivity contribution < 1.29 is 18.0 Å². The third kappa shape index (κ3) is 3.88. The minimum atomic E-state index is -4.52. The minimum Gasteiger partial charge on any atom is -0.378 e. The smallest absolute Gasteiger partial charge is 0.378 e. The number of carbonyl (C=O) groups is 1. The van der Waals surface area contributed by atoms with Gasteiger partial charge in [0.15, 0.2) is 0 Å². The van der Waals surface area contributed by atoms with Crippen LogP contribution in [0.4, 0.5) is 24.5 Å². The van der Waals surface area contributed by atoms with E-state index in [9.17, 15) is 18.0 Å². The zero-order valence-corrected chi connectivity index (χ0v) is 19.5. The summed E-state index contributed by atoms with van der Waals surface area (Å²) in [5.74, 6) is 1.59. The summed E-state index contributed by atoms with van der Waals surface area (Å²) in [6.45, 7) is 0. The molecule has 35 heavy (non-hydrogen) atoms. The molecular weight excluding hydrogens is 473 g/mol. The number of nitrogens with one attached hydrogen (secondary N) is 2. The molecule has 2 N–H and O–H groups in total. The van der Waals surface area contributed by atoms with Crippen LogP contribution in [0.2, 0.25) is 5.02 Å². The van der Waals surface area contributed by atoms with Crippen molar-refractivity contribution in [1.82, 2.24) is 0 Å². The lowest BCUT2D eigenvalue weighted by Crippen LogP contribution is -2.35. The Morgan fingerprint density at radius 1 is 0.971 bits per heavy atom. The van der Waals surface area contributed by atoms with Crippen molar-refractivity contribution in [1.29, 1.82) is 0 Å². The number of halogens is 4. The Labute approximate surface area is 206 Å². The van der Waals surface area contributed by atoms with Gasteiger partial charge in [-0.3, -0.25) is 4.79 Å². The number of anilines is 2. The van der Waals surface area contributed by atoms with Crippen LogP contribution in [0.15, 0.2) is 66.7 Å². The van der Waals surface area contributed by atoms with Gasteiger partial charge < -0.3 is 10.6 Å². The second-order valence-corrected chi connectivity index (χ2v) is 10.3. The van der Waals surface area contributed by atoms with Crippen molar-refractivity contribution in [2.24, 2.45) is 17.8 Å². The molecule has 0 spiro atoms. The third-order valence-electron chi connectivity index (χ3n) is 8.05. The Balaban J connectivity index is 1.33. The summed E-state index contributed by atoms with van der Waals surface area (Å²) in [4.78, 5) is 13.1. The van der Waals surface area contributed by atoms with Gasteiger partial charge in [0.25, 0.3) is 5.91 Å². The van der Waals surface area contributed by atoms with E-state index >= 15 is 0 Å². The van der Waals surface area contributed by atoms with Crippen LogP contribution in [-0.4, -0.2) is 5.91 Å². The van der Waals surface area contributed by atoms with Crippen molar-refractivity contribution in [2.75, 3.05) is 10.6 Å². The van der Waals surface area contributed by atoms with E-state index in [4.69, 9.17) is 11.6 Å². The predicted molar refractivity (Wildman–Crippen MR) is 131 cm³/mol. The summed E-state index contributed by atoms with van der Waals surface area (Å²) in [6.07, 6.45) is -0.882. The molecule has 5 atom stereocenters. The summed E-state index contributed by atoms with van der Waals surface area (Å²) < 4.78 is 39.4. The molecule has 2 fully saturated rings. The molecule has 0 radical (unpaired) electrons. The van der Waals surface area contributed by atoms with Gasteiger partial charge in [0.1, 0.15) is 0 Å². The maximum Gasteiger partial charge on any atom is 0.416 e. The standard InChI is InChI=1S/C28H24ClF3N2O/c29-21-10-9-19(28(30,31)32)14-23(21)34-27(35)18-8-11-22-20(13-18)24-16-6-7-17(12-16)25(24)26(33-22)15-4-2-1-3-5-15/h1-5,8-11,13-14,16-17,24-26,33H,6-7,12H2,(H,34,35)/t16-,17-,24-,25-,26+/m0/s1. The first kappa shape index (κ1) is 22.5. The van der Waals surface area contributed by atoms with Crippen LogP contribution in [0.3, 0.4) is 0 Å². The average molecular weight is 497 g/mol. The monoisotopic (exact) mass is 496 g/mol. The van der Waals surface area contributed by atoms with Crippen LogP contribution in [0.1, 0.15) is 58.3 Å². The molecule has 1 aliphatic heterocycles. The highest BCUT2D eigenvalue weighted by molar-refractivity contribution is 6.34. The van der Waals surface area contributed by atoms with Gasteiger partial charge in [0.05, 0.1) is 22.3 Å². The highest BCUT2D eigenvalue weighted by Gasteiger charge is 2.53. The Kier molecular flexibility index (Phi) is 5.33. The minimum absolute atomic E-state index is 0.0516. The number of fused-ring (bicyclic) bond motifs is 7.